The molecule has 2 aromatic carbocycles. The number of rotatable bonds is 4. The smallest absolute Gasteiger partial charge is 0.248 e. The summed E-state index contributed by atoms with van der Waals surface area (Å²) in [7, 11) is 0. The molecule has 0 saturated heterocycles. The lowest BCUT2D eigenvalue weighted by Crippen LogP contribution is -2.07. The van der Waals surface area contributed by atoms with Gasteiger partial charge >= 0.3 is 0 Å². The van der Waals surface area contributed by atoms with Crippen molar-refractivity contribution in [3.05, 3.63) is 69.7 Å². The monoisotopic (exact) mass is 319 g/mol. The number of benzene rings is 2. The minimum Gasteiger partial charge on any atom is -0.323 e. The Balaban J connectivity index is 2.03. The highest BCUT2D eigenvalue weighted by Gasteiger charge is 2.00. The van der Waals surface area contributed by atoms with Gasteiger partial charge in [-0.3, -0.25) is 4.79 Å². The average Bonchev–Trinajstić information content (AvgIpc) is 2.48. The number of amides is 1. The molecule has 0 saturated carbocycles. The maximum absolute atomic E-state index is 11.9. The Kier molecular flexibility index (Phi) is 5.43. The van der Waals surface area contributed by atoms with Crippen molar-refractivity contribution >= 4 is 40.9 Å². The minimum absolute atomic E-state index is 0.186. The van der Waals surface area contributed by atoms with E-state index >= 15 is 0 Å². The summed E-state index contributed by atoms with van der Waals surface area (Å²) >= 11 is 11.8. The number of aryl methyl sites for hydroxylation is 1. The number of hydrogen-bond donors (Lipinski definition) is 1. The molecule has 2 rings (SSSR count). The van der Waals surface area contributed by atoms with Crippen molar-refractivity contribution in [2.45, 2.75) is 13.3 Å². The van der Waals surface area contributed by atoms with Crippen molar-refractivity contribution in [3.8, 4) is 0 Å². The molecule has 0 unspecified atom stereocenters. The van der Waals surface area contributed by atoms with Gasteiger partial charge in [0.1, 0.15) is 0 Å². The van der Waals surface area contributed by atoms with Gasteiger partial charge in [-0.25, -0.2) is 0 Å². The molecular formula is C17H15Cl2NO. The van der Waals surface area contributed by atoms with E-state index in [1.807, 2.05) is 24.3 Å². The summed E-state index contributed by atoms with van der Waals surface area (Å²) < 4.78 is 0. The van der Waals surface area contributed by atoms with Crippen LogP contribution in [0.25, 0.3) is 6.08 Å². The summed E-state index contributed by atoms with van der Waals surface area (Å²) in [6, 6.07) is 13.0. The van der Waals surface area contributed by atoms with Crippen molar-refractivity contribution < 1.29 is 4.79 Å². The SMILES string of the molecule is CCc1cccc(NC(=O)/C=C\c2ccc(Cl)c(Cl)c2)c1. The van der Waals surface area contributed by atoms with Crippen molar-refractivity contribution in [2.75, 3.05) is 5.32 Å². The van der Waals surface area contributed by atoms with Crippen LogP contribution >= 0.6 is 23.2 Å². The van der Waals surface area contributed by atoms with E-state index in [2.05, 4.69) is 12.2 Å². The fraction of sp³-hybridized carbons (Fsp3) is 0.118. The molecule has 0 aliphatic carbocycles. The summed E-state index contributed by atoms with van der Waals surface area (Å²) in [5.74, 6) is -0.186. The second-order valence-corrected chi connectivity index (χ2v) is 5.36. The Morgan fingerprint density at radius 1 is 1.14 bits per heavy atom. The molecule has 0 heterocycles. The molecule has 0 aliphatic rings. The fourth-order valence-electron chi connectivity index (χ4n) is 1.84. The van der Waals surface area contributed by atoms with Crippen LogP contribution in [-0.2, 0) is 11.2 Å². The number of nitrogens with one attached hydrogen (secondary N) is 1. The zero-order chi connectivity index (χ0) is 15.2. The molecule has 2 nitrogen and oxygen atoms in total. The molecule has 108 valence electrons. The van der Waals surface area contributed by atoms with E-state index in [-0.39, 0.29) is 5.91 Å². The Hall–Kier alpha value is -1.77. The molecule has 1 N–H and O–H groups in total. The number of anilines is 1. The largest absolute Gasteiger partial charge is 0.323 e. The Bertz CT molecular complexity index is 680. The summed E-state index contributed by atoms with van der Waals surface area (Å²) in [5, 5.41) is 3.79. The van der Waals surface area contributed by atoms with E-state index < -0.39 is 0 Å². The van der Waals surface area contributed by atoms with Gasteiger partial charge in [-0.05, 0) is 47.9 Å². The average molecular weight is 320 g/mol. The van der Waals surface area contributed by atoms with Gasteiger partial charge in [-0.1, -0.05) is 48.3 Å². The normalized spacial score (nSPS) is 10.8. The summed E-state index contributed by atoms with van der Waals surface area (Å²) in [5.41, 5.74) is 2.79. The van der Waals surface area contributed by atoms with E-state index in [9.17, 15) is 4.79 Å². The molecule has 0 aromatic heterocycles. The summed E-state index contributed by atoms with van der Waals surface area (Å²) in [6.45, 7) is 2.07. The van der Waals surface area contributed by atoms with Gasteiger partial charge in [0.15, 0.2) is 0 Å². The molecule has 0 fully saturated rings. The van der Waals surface area contributed by atoms with E-state index in [1.165, 1.54) is 11.6 Å². The molecule has 0 radical (unpaired) electrons. The second kappa shape index (κ2) is 7.30. The third-order valence-corrected chi connectivity index (χ3v) is 3.71. The van der Waals surface area contributed by atoms with Crippen LogP contribution in [0.5, 0.6) is 0 Å². The highest BCUT2D eigenvalue weighted by atomic mass is 35.5. The van der Waals surface area contributed by atoms with E-state index in [0.717, 1.165) is 17.7 Å². The van der Waals surface area contributed by atoms with E-state index in [1.54, 1.807) is 24.3 Å². The van der Waals surface area contributed by atoms with Gasteiger partial charge in [0, 0.05) is 11.8 Å². The van der Waals surface area contributed by atoms with Crippen LogP contribution in [0.4, 0.5) is 5.69 Å². The third kappa shape index (κ3) is 4.62. The lowest BCUT2D eigenvalue weighted by Gasteiger charge is -2.04. The zero-order valence-corrected chi connectivity index (χ0v) is 13.1. The first-order chi connectivity index (χ1) is 10.1. The molecule has 0 atom stereocenters. The van der Waals surface area contributed by atoms with Gasteiger partial charge in [-0.15, -0.1) is 0 Å². The molecule has 2 aromatic rings. The van der Waals surface area contributed by atoms with Crippen LogP contribution < -0.4 is 5.32 Å². The van der Waals surface area contributed by atoms with Gasteiger partial charge < -0.3 is 5.32 Å². The lowest BCUT2D eigenvalue weighted by molar-refractivity contribution is -0.111. The van der Waals surface area contributed by atoms with Gasteiger partial charge in [-0.2, -0.15) is 0 Å². The second-order valence-electron chi connectivity index (χ2n) is 4.55. The van der Waals surface area contributed by atoms with E-state index in [0.29, 0.717) is 10.0 Å². The van der Waals surface area contributed by atoms with E-state index in [4.69, 9.17) is 23.2 Å². The number of halogens is 2. The highest BCUT2D eigenvalue weighted by molar-refractivity contribution is 6.42. The van der Waals surface area contributed by atoms with Crippen molar-refractivity contribution in [1.82, 2.24) is 0 Å². The topological polar surface area (TPSA) is 29.1 Å². The minimum atomic E-state index is -0.186. The Morgan fingerprint density at radius 2 is 1.95 bits per heavy atom. The molecule has 0 bridgehead atoms. The van der Waals surface area contributed by atoms with Crippen LogP contribution in [0.15, 0.2) is 48.5 Å². The molecular weight excluding hydrogens is 305 g/mol. The molecule has 1 amide bonds. The van der Waals surface area contributed by atoms with Gasteiger partial charge in [0.2, 0.25) is 5.91 Å². The summed E-state index contributed by atoms with van der Waals surface area (Å²) in [4.78, 5) is 11.9. The third-order valence-electron chi connectivity index (χ3n) is 2.97. The van der Waals surface area contributed by atoms with Gasteiger partial charge in [0.05, 0.1) is 10.0 Å². The first kappa shape index (κ1) is 15.6. The zero-order valence-electron chi connectivity index (χ0n) is 11.6. The van der Waals surface area contributed by atoms with Gasteiger partial charge in [0.25, 0.3) is 0 Å². The number of carbonyl (C=O) groups excluding carboxylic acids is 1. The highest BCUT2D eigenvalue weighted by Crippen LogP contribution is 2.23. The lowest BCUT2D eigenvalue weighted by atomic mass is 10.1. The number of carbonyl (C=O) groups is 1. The standard InChI is InChI=1S/C17H15Cl2NO/c1-2-12-4-3-5-14(10-12)20-17(21)9-7-13-6-8-15(18)16(19)11-13/h3-11H,2H2,1H3,(H,20,21)/b9-7-. The molecule has 4 heteroatoms. The van der Waals surface area contributed by atoms with Crippen LogP contribution in [-0.4, -0.2) is 5.91 Å². The first-order valence-electron chi connectivity index (χ1n) is 6.61. The predicted molar refractivity (Wildman–Crippen MR) is 89.9 cm³/mol. The summed E-state index contributed by atoms with van der Waals surface area (Å²) in [6.07, 6.45) is 4.10. The first-order valence-corrected chi connectivity index (χ1v) is 7.37. The predicted octanol–water partition coefficient (Wildman–Crippen LogP) is 5.21. The number of hydrogen-bond acceptors (Lipinski definition) is 1. The van der Waals surface area contributed by atoms with Crippen LogP contribution in [0.2, 0.25) is 10.0 Å². The molecule has 0 aliphatic heterocycles. The van der Waals surface area contributed by atoms with Crippen LogP contribution in [0.3, 0.4) is 0 Å². The van der Waals surface area contributed by atoms with Crippen molar-refractivity contribution in [1.29, 1.82) is 0 Å². The maximum Gasteiger partial charge on any atom is 0.248 e. The Morgan fingerprint density at radius 3 is 2.67 bits per heavy atom. The Labute approximate surface area is 134 Å². The van der Waals surface area contributed by atoms with Crippen molar-refractivity contribution in [2.24, 2.45) is 0 Å². The van der Waals surface area contributed by atoms with Crippen LogP contribution in [0, 0.1) is 0 Å². The van der Waals surface area contributed by atoms with Crippen LogP contribution in [0.1, 0.15) is 18.1 Å². The molecule has 0 spiro atoms. The quantitative estimate of drug-likeness (QED) is 0.770. The fourth-order valence-corrected chi connectivity index (χ4v) is 2.15. The maximum atomic E-state index is 11.9. The molecule has 21 heavy (non-hydrogen) atoms. The van der Waals surface area contributed by atoms with Crippen molar-refractivity contribution in [3.63, 3.8) is 0 Å².